The molecular weight excluding hydrogens is 442 g/mol. The predicted octanol–water partition coefficient (Wildman–Crippen LogP) is 4.58. The summed E-state index contributed by atoms with van der Waals surface area (Å²) < 4.78 is 9.00. The van der Waals surface area contributed by atoms with E-state index in [1.807, 2.05) is 26.0 Å². The highest BCUT2D eigenvalue weighted by Gasteiger charge is 2.19. The summed E-state index contributed by atoms with van der Waals surface area (Å²) in [4.78, 5) is 22.1. The maximum atomic E-state index is 13.1. The number of hydrogen-bond acceptors (Lipinski definition) is 6. The van der Waals surface area contributed by atoms with Crippen molar-refractivity contribution in [3.8, 4) is 17.3 Å². The van der Waals surface area contributed by atoms with Gasteiger partial charge in [-0.05, 0) is 63.1 Å². The van der Waals surface area contributed by atoms with Gasteiger partial charge in [-0.1, -0.05) is 18.2 Å². The number of anilines is 1. The lowest BCUT2D eigenvalue weighted by Gasteiger charge is -2.12. The first kappa shape index (κ1) is 22.3. The third-order valence-electron chi connectivity index (χ3n) is 5.79. The molecule has 0 atom stereocenters. The second-order valence-corrected chi connectivity index (χ2v) is 8.23. The van der Waals surface area contributed by atoms with Crippen molar-refractivity contribution in [1.82, 2.24) is 29.5 Å². The molecule has 1 N–H and O–H groups in total. The van der Waals surface area contributed by atoms with Crippen LogP contribution in [0.15, 0.2) is 61.1 Å². The number of amides is 1. The van der Waals surface area contributed by atoms with Crippen LogP contribution < -0.4 is 10.1 Å². The molecule has 0 aliphatic carbocycles. The second kappa shape index (κ2) is 9.02. The molecule has 0 saturated carbocycles. The van der Waals surface area contributed by atoms with E-state index in [9.17, 15) is 4.79 Å². The molecule has 0 aliphatic heterocycles. The Balaban J connectivity index is 1.55. The minimum atomic E-state index is -0.300. The molecule has 0 unspecified atom stereocenters. The van der Waals surface area contributed by atoms with Crippen LogP contribution in [0.2, 0.25) is 0 Å². The molecule has 0 saturated heterocycles. The number of hydrogen-bond donors (Lipinski definition) is 1. The van der Waals surface area contributed by atoms with E-state index in [0.29, 0.717) is 40.6 Å². The third-order valence-corrected chi connectivity index (χ3v) is 5.79. The van der Waals surface area contributed by atoms with E-state index in [1.165, 1.54) is 17.5 Å². The number of aromatic nitrogens is 6. The van der Waals surface area contributed by atoms with Crippen molar-refractivity contribution < 1.29 is 9.53 Å². The highest BCUT2D eigenvalue weighted by molar-refractivity contribution is 6.06. The number of para-hydroxylation sites is 1. The fourth-order valence-corrected chi connectivity index (χ4v) is 3.92. The lowest BCUT2D eigenvalue weighted by molar-refractivity contribution is 0.102. The molecule has 0 aliphatic rings. The Morgan fingerprint density at radius 3 is 2.63 bits per heavy atom. The Morgan fingerprint density at radius 1 is 1.00 bits per heavy atom. The number of fused-ring (bicyclic) bond motifs is 1. The van der Waals surface area contributed by atoms with E-state index in [4.69, 9.17) is 4.74 Å². The van der Waals surface area contributed by atoms with E-state index < -0.39 is 0 Å². The zero-order chi connectivity index (χ0) is 24.5. The zero-order valence-electron chi connectivity index (χ0n) is 20.0. The molecule has 0 bridgehead atoms. The Hall–Kier alpha value is -4.53. The zero-order valence-corrected chi connectivity index (χ0v) is 20.0. The minimum Gasteiger partial charge on any atom is -0.493 e. The predicted molar refractivity (Wildman–Crippen MR) is 134 cm³/mol. The molecule has 9 nitrogen and oxygen atoms in total. The Kier molecular flexibility index (Phi) is 5.74. The van der Waals surface area contributed by atoms with Crippen LogP contribution >= 0.6 is 0 Å². The van der Waals surface area contributed by atoms with Gasteiger partial charge in [-0.2, -0.15) is 14.9 Å². The lowest BCUT2D eigenvalue weighted by atomic mass is 10.1. The van der Waals surface area contributed by atoms with E-state index in [0.717, 1.165) is 11.4 Å². The summed E-state index contributed by atoms with van der Waals surface area (Å²) in [5.41, 5.74) is 5.09. The average Bonchev–Trinajstić information content (AvgIpc) is 3.44. The Labute approximate surface area is 202 Å². The van der Waals surface area contributed by atoms with E-state index in [2.05, 4.69) is 51.5 Å². The van der Waals surface area contributed by atoms with Crippen LogP contribution in [0.25, 0.3) is 22.5 Å². The first-order valence-corrected chi connectivity index (χ1v) is 11.3. The van der Waals surface area contributed by atoms with Crippen LogP contribution in [0.1, 0.15) is 34.1 Å². The molecule has 35 heavy (non-hydrogen) atoms. The summed E-state index contributed by atoms with van der Waals surface area (Å²) in [6.07, 6.45) is 3.19. The summed E-state index contributed by atoms with van der Waals surface area (Å²) in [7, 11) is 0. The van der Waals surface area contributed by atoms with Crippen molar-refractivity contribution in [3.05, 3.63) is 83.4 Å². The van der Waals surface area contributed by atoms with Crippen LogP contribution in [-0.4, -0.2) is 42.0 Å². The van der Waals surface area contributed by atoms with Gasteiger partial charge in [0.1, 0.15) is 17.9 Å². The summed E-state index contributed by atoms with van der Waals surface area (Å²) in [6, 6.07) is 15.1. The van der Waals surface area contributed by atoms with Crippen molar-refractivity contribution in [2.45, 2.75) is 27.7 Å². The van der Waals surface area contributed by atoms with Gasteiger partial charge in [0.25, 0.3) is 5.91 Å². The van der Waals surface area contributed by atoms with Gasteiger partial charge in [-0.15, -0.1) is 0 Å². The van der Waals surface area contributed by atoms with Crippen molar-refractivity contribution in [2.75, 3.05) is 11.9 Å². The molecule has 5 rings (SSSR count). The summed E-state index contributed by atoms with van der Waals surface area (Å²) >= 11 is 0. The van der Waals surface area contributed by atoms with Crippen LogP contribution in [0.3, 0.4) is 0 Å². The van der Waals surface area contributed by atoms with Gasteiger partial charge < -0.3 is 10.1 Å². The van der Waals surface area contributed by atoms with Gasteiger partial charge in [0.15, 0.2) is 11.5 Å². The van der Waals surface area contributed by atoms with Crippen molar-refractivity contribution >= 4 is 22.8 Å². The minimum absolute atomic E-state index is 0.300. The number of carbonyl (C=O) groups is 1. The fourth-order valence-electron chi connectivity index (χ4n) is 3.92. The van der Waals surface area contributed by atoms with Gasteiger partial charge in [0.05, 0.1) is 35.1 Å². The summed E-state index contributed by atoms with van der Waals surface area (Å²) in [6.45, 7) is 8.34. The molecule has 2 aromatic carbocycles. The average molecular weight is 468 g/mol. The van der Waals surface area contributed by atoms with Crippen molar-refractivity contribution in [1.29, 1.82) is 0 Å². The van der Waals surface area contributed by atoms with Gasteiger partial charge >= 0.3 is 0 Å². The lowest BCUT2D eigenvalue weighted by Crippen LogP contribution is -2.17. The van der Waals surface area contributed by atoms with Crippen LogP contribution in [-0.2, 0) is 0 Å². The summed E-state index contributed by atoms with van der Waals surface area (Å²) in [5, 5.41) is 12.8. The second-order valence-electron chi connectivity index (χ2n) is 8.23. The first-order chi connectivity index (χ1) is 17.0. The molecular formula is C26H25N7O2. The van der Waals surface area contributed by atoms with Crippen molar-refractivity contribution in [3.63, 3.8) is 0 Å². The van der Waals surface area contributed by atoms with Gasteiger partial charge in [-0.3, -0.25) is 4.79 Å². The maximum absolute atomic E-state index is 13.1. The van der Waals surface area contributed by atoms with Gasteiger partial charge in [-0.25, -0.2) is 14.6 Å². The van der Waals surface area contributed by atoms with Crippen LogP contribution in [0.5, 0.6) is 5.75 Å². The number of nitrogens with zero attached hydrogens (tertiary/aromatic N) is 6. The van der Waals surface area contributed by atoms with Crippen LogP contribution in [0, 0.1) is 20.8 Å². The number of carbonyl (C=O) groups excluding carboxylic acids is 1. The molecule has 0 spiro atoms. The number of rotatable bonds is 6. The quantitative estimate of drug-likeness (QED) is 0.392. The highest BCUT2D eigenvalue weighted by Crippen LogP contribution is 2.26. The van der Waals surface area contributed by atoms with Gasteiger partial charge in [0.2, 0.25) is 0 Å². The standard InChI is InChI=1S/C26H25N7O2/c1-5-35-22-9-7-6-8-20(22)26(34)30-23-13-18(4)31-33(23)25-21-14-29-32(24(21)27-15-28-25)19-11-10-16(2)17(3)12-19/h6-15H,5H2,1-4H3,(H,30,34). The first-order valence-electron chi connectivity index (χ1n) is 11.3. The highest BCUT2D eigenvalue weighted by atomic mass is 16.5. The molecule has 1 amide bonds. The van der Waals surface area contributed by atoms with Crippen molar-refractivity contribution in [2.24, 2.45) is 0 Å². The molecule has 9 heteroatoms. The third kappa shape index (κ3) is 4.12. The van der Waals surface area contributed by atoms with E-state index in [1.54, 1.807) is 39.8 Å². The van der Waals surface area contributed by atoms with E-state index in [-0.39, 0.29) is 5.91 Å². The molecule has 0 fully saturated rings. The topological polar surface area (TPSA) is 99.8 Å². The molecule has 0 radical (unpaired) electrons. The molecule has 176 valence electrons. The SMILES string of the molecule is CCOc1ccccc1C(=O)Nc1cc(C)nn1-c1ncnc2c1cnn2-c1ccc(C)c(C)c1. The largest absolute Gasteiger partial charge is 0.493 e. The monoisotopic (exact) mass is 467 g/mol. The normalized spacial score (nSPS) is 11.1. The van der Waals surface area contributed by atoms with E-state index >= 15 is 0 Å². The number of ether oxygens (including phenoxy) is 1. The maximum Gasteiger partial charge on any atom is 0.260 e. The number of aryl methyl sites for hydroxylation is 3. The smallest absolute Gasteiger partial charge is 0.260 e. The Bertz CT molecular complexity index is 1550. The molecule has 3 aromatic heterocycles. The number of nitrogens with one attached hydrogen (secondary N) is 1. The van der Waals surface area contributed by atoms with Crippen LogP contribution in [0.4, 0.5) is 5.82 Å². The molecule has 5 aromatic rings. The Morgan fingerprint density at radius 2 is 1.83 bits per heavy atom. The molecule has 3 heterocycles. The number of benzene rings is 2. The van der Waals surface area contributed by atoms with Gasteiger partial charge in [0, 0.05) is 6.07 Å². The summed E-state index contributed by atoms with van der Waals surface area (Å²) in [5.74, 6) is 1.23. The fraction of sp³-hybridized carbons (Fsp3) is 0.192.